The Hall–Kier alpha value is -0.300. The van der Waals surface area contributed by atoms with Crippen LogP contribution in [0.25, 0.3) is 0 Å². The summed E-state index contributed by atoms with van der Waals surface area (Å²) in [4.78, 5) is 0. The van der Waals surface area contributed by atoms with Crippen molar-refractivity contribution in [1.82, 2.24) is 5.32 Å². The summed E-state index contributed by atoms with van der Waals surface area (Å²) in [6.45, 7) is 9.25. The molecule has 1 saturated carbocycles. The lowest BCUT2D eigenvalue weighted by molar-refractivity contribution is 0.341. The van der Waals surface area contributed by atoms with Crippen LogP contribution in [0.15, 0.2) is 12.2 Å². The predicted molar refractivity (Wildman–Crippen MR) is 61.2 cm³/mol. The van der Waals surface area contributed by atoms with Crippen LogP contribution in [0.2, 0.25) is 0 Å². The first-order valence-electron chi connectivity index (χ1n) is 5.94. The minimum atomic E-state index is 0.424. The standard InChI is InChI=1S/C13H23N/c1-13(2,3)9-14-8-12-7-10-4-5-11(12)6-10/h4-5,10-12,14H,6-9H2,1-3H3. The molecule has 2 rings (SSSR count). The van der Waals surface area contributed by atoms with E-state index < -0.39 is 0 Å². The summed E-state index contributed by atoms with van der Waals surface area (Å²) >= 11 is 0. The Labute approximate surface area is 88.0 Å². The molecule has 0 saturated heterocycles. The molecule has 1 heteroatoms. The monoisotopic (exact) mass is 193 g/mol. The summed E-state index contributed by atoms with van der Waals surface area (Å²) in [5.41, 5.74) is 0.424. The lowest BCUT2D eigenvalue weighted by atomic mass is 9.92. The number of allylic oxidation sites excluding steroid dienone is 2. The van der Waals surface area contributed by atoms with E-state index in [2.05, 4.69) is 38.2 Å². The maximum absolute atomic E-state index is 3.62. The molecule has 1 fully saturated rings. The Morgan fingerprint density at radius 3 is 2.50 bits per heavy atom. The molecule has 0 aliphatic heterocycles. The minimum absolute atomic E-state index is 0.424. The van der Waals surface area contributed by atoms with Crippen LogP contribution in [0.4, 0.5) is 0 Å². The maximum Gasteiger partial charge on any atom is -0.000000527 e. The van der Waals surface area contributed by atoms with Gasteiger partial charge in [-0.15, -0.1) is 0 Å². The molecule has 80 valence electrons. The lowest BCUT2D eigenvalue weighted by Crippen LogP contribution is -2.32. The Kier molecular flexibility index (Phi) is 2.70. The zero-order valence-electron chi connectivity index (χ0n) is 9.72. The van der Waals surface area contributed by atoms with Crippen molar-refractivity contribution in [2.75, 3.05) is 13.1 Å². The molecule has 2 aliphatic carbocycles. The van der Waals surface area contributed by atoms with E-state index >= 15 is 0 Å². The maximum atomic E-state index is 3.62. The van der Waals surface area contributed by atoms with Gasteiger partial charge in [-0.3, -0.25) is 0 Å². The third kappa shape index (κ3) is 2.38. The molecule has 0 spiro atoms. The topological polar surface area (TPSA) is 12.0 Å². The minimum Gasteiger partial charge on any atom is -0.316 e. The van der Waals surface area contributed by atoms with Gasteiger partial charge in [0.15, 0.2) is 0 Å². The quantitative estimate of drug-likeness (QED) is 0.680. The molecule has 1 N–H and O–H groups in total. The zero-order chi connectivity index (χ0) is 10.2. The Morgan fingerprint density at radius 2 is 2.00 bits per heavy atom. The number of nitrogens with one attached hydrogen (secondary N) is 1. The van der Waals surface area contributed by atoms with E-state index in [0.29, 0.717) is 5.41 Å². The molecule has 3 atom stereocenters. The summed E-state index contributed by atoms with van der Waals surface area (Å²) in [6.07, 6.45) is 7.72. The van der Waals surface area contributed by atoms with Crippen molar-refractivity contribution in [3.63, 3.8) is 0 Å². The normalized spacial score (nSPS) is 35.5. The molecule has 2 bridgehead atoms. The smallest absolute Gasteiger partial charge is 0.000000527 e. The molecule has 0 heterocycles. The first-order chi connectivity index (χ1) is 6.54. The Balaban J connectivity index is 1.70. The highest BCUT2D eigenvalue weighted by Gasteiger charge is 2.35. The summed E-state index contributed by atoms with van der Waals surface area (Å²) in [7, 11) is 0. The molecular weight excluding hydrogens is 170 g/mol. The average Bonchev–Trinajstić information content (AvgIpc) is 2.62. The fraction of sp³-hybridized carbons (Fsp3) is 0.846. The average molecular weight is 193 g/mol. The molecule has 1 nitrogen and oxygen atoms in total. The molecular formula is C13H23N. The van der Waals surface area contributed by atoms with Gasteiger partial charge in [0.05, 0.1) is 0 Å². The fourth-order valence-corrected chi connectivity index (χ4v) is 2.76. The molecule has 3 unspecified atom stereocenters. The van der Waals surface area contributed by atoms with E-state index in [-0.39, 0.29) is 0 Å². The van der Waals surface area contributed by atoms with Crippen molar-refractivity contribution in [3.8, 4) is 0 Å². The highest BCUT2D eigenvalue weighted by molar-refractivity contribution is 5.10. The van der Waals surface area contributed by atoms with Crippen LogP contribution in [-0.2, 0) is 0 Å². The molecule has 0 amide bonds. The fourth-order valence-electron chi connectivity index (χ4n) is 2.76. The molecule has 0 aromatic rings. The molecule has 2 aliphatic rings. The summed E-state index contributed by atoms with van der Waals surface area (Å²) in [5.74, 6) is 2.74. The van der Waals surface area contributed by atoms with Crippen LogP contribution in [0, 0.1) is 23.2 Å². The SMILES string of the molecule is CC(C)(C)CNCC1CC2C=CC1C2. The number of hydrogen-bond donors (Lipinski definition) is 1. The van der Waals surface area contributed by atoms with Crippen molar-refractivity contribution in [2.45, 2.75) is 33.6 Å². The number of rotatable bonds is 3. The van der Waals surface area contributed by atoms with Crippen LogP contribution < -0.4 is 5.32 Å². The van der Waals surface area contributed by atoms with Crippen molar-refractivity contribution in [1.29, 1.82) is 0 Å². The number of fused-ring (bicyclic) bond motifs is 2. The second kappa shape index (κ2) is 3.69. The van der Waals surface area contributed by atoms with Gasteiger partial charge in [-0.1, -0.05) is 32.9 Å². The Morgan fingerprint density at radius 1 is 1.21 bits per heavy atom. The van der Waals surface area contributed by atoms with E-state index in [4.69, 9.17) is 0 Å². The van der Waals surface area contributed by atoms with E-state index in [9.17, 15) is 0 Å². The zero-order valence-corrected chi connectivity index (χ0v) is 9.72. The van der Waals surface area contributed by atoms with Gasteiger partial charge in [-0.25, -0.2) is 0 Å². The van der Waals surface area contributed by atoms with Crippen LogP contribution in [0.1, 0.15) is 33.6 Å². The number of hydrogen-bond acceptors (Lipinski definition) is 1. The lowest BCUT2D eigenvalue weighted by Gasteiger charge is -2.23. The third-order valence-electron chi connectivity index (χ3n) is 3.48. The van der Waals surface area contributed by atoms with Crippen molar-refractivity contribution < 1.29 is 0 Å². The highest BCUT2D eigenvalue weighted by atomic mass is 14.9. The van der Waals surface area contributed by atoms with E-state index in [0.717, 1.165) is 24.3 Å². The van der Waals surface area contributed by atoms with Gasteiger partial charge in [0.2, 0.25) is 0 Å². The van der Waals surface area contributed by atoms with Crippen LogP contribution in [-0.4, -0.2) is 13.1 Å². The summed E-state index contributed by atoms with van der Waals surface area (Å²) in [6, 6.07) is 0. The van der Waals surface area contributed by atoms with E-state index in [1.54, 1.807) is 0 Å². The first-order valence-corrected chi connectivity index (χ1v) is 5.94. The van der Waals surface area contributed by atoms with Crippen molar-refractivity contribution in [2.24, 2.45) is 23.2 Å². The van der Waals surface area contributed by atoms with Gasteiger partial charge in [0.25, 0.3) is 0 Å². The van der Waals surface area contributed by atoms with Gasteiger partial charge in [0.1, 0.15) is 0 Å². The van der Waals surface area contributed by atoms with Gasteiger partial charge in [0, 0.05) is 0 Å². The molecule has 0 aromatic heterocycles. The van der Waals surface area contributed by atoms with Gasteiger partial charge >= 0.3 is 0 Å². The van der Waals surface area contributed by atoms with Gasteiger partial charge in [-0.05, 0) is 49.1 Å². The van der Waals surface area contributed by atoms with Crippen molar-refractivity contribution in [3.05, 3.63) is 12.2 Å². The van der Waals surface area contributed by atoms with Crippen LogP contribution in [0.3, 0.4) is 0 Å². The molecule has 0 aromatic carbocycles. The predicted octanol–water partition coefficient (Wildman–Crippen LogP) is 2.83. The molecule has 0 radical (unpaired) electrons. The highest BCUT2D eigenvalue weighted by Crippen LogP contribution is 2.42. The van der Waals surface area contributed by atoms with Crippen molar-refractivity contribution >= 4 is 0 Å². The second-order valence-corrected chi connectivity index (χ2v) is 6.23. The molecule has 14 heavy (non-hydrogen) atoms. The summed E-state index contributed by atoms with van der Waals surface area (Å²) < 4.78 is 0. The second-order valence-electron chi connectivity index (χ2n) is 6.23. The van der Waals surface area contributed by atoms with E-state index in [1.807, 2.05) is 0 Å². The van der Waals surface area contributed by atoms with E-state index in [1.165, 1.54) is 19.4 Å². The van der Waals surface area contributed by atoms with Crippen LogP contribution in [0.5, 0.6) is 0 Å². The van der Waals surface area contributed by atoms with Crippen LogP contribution >= 0.6 is 0 Å². The van der Waals surface area contributed by atoms with Gasteiger partial charge < -0.3 is 5.32 Å². The summed E-state index contributed by atoms with van der Waals surface area (Å²) in [5, 5.41) is 3.62. The third-order valence-corrected chi connectivity index (χ3v) is 3.48. The first kappa shape index (κ1) is 10.2. The Bertz CT molecular complexity index is 224. The van der Waals surface area contributed by atoms with Gasteiger partial charge in [-0.2, -0.15) is 0 Å². The largest absolute Gasteiger partial charge is 0.316 e.